The zero-order chi connectivity index (χ0) is 34.2. The molecule has 0 unspecified atom stereocenters. The summed E-state index contributed by atoms with van der Waals surface area (Å²) in [7, 11) is 0. The highest BCUT2D eigenvalue weighted by molar-refractivity contribution is 5.77. The number of hydrogen-bond acceptors (Lipinski definition) is 10. The summed E-state index contributed by atoms with van der Waals surface area (Å²) in [6, 6.07) is 0. The number of esters is 1. The van der Waals surface area contributed by atoms with E-state index in [0.29, 0.717) is 96.4 Å². The lowest BCUT2D eigenvalue weighted by Gasteiger charge is -2.39. The molecule has 1 saturated carbocycles. The highest BCUT2D eigenvalue weighted by Gasteiger charge is 2.36. The summed E-state index contributed by atoms with van der Waals surface area (Å²) < 4.78 is 5.52. The Labute approximate surface area is 283 Å². The third kappa shape index (κ3) is 17.4. The molecule has 0 aromatic heterocycles. The number of carbonyl (C=O) groups excluding carboxylic acids is 3. The van der Waals surface area contributed by atoms with Crippen LogP contribution in [0, 0.1) is 5.41 Å². The molecule has 1 saturated heterocycles. The molecule has 0 bridgehead atoms. The predicted octanol–water partition coefficient (Wildman–Crippen LogP) is 2.02. The number of unbranched alkanes of at least 4 members (excludes halogenated alkanes) is 1. The lowest BCUT2D eigenvalue weighted by Crippen LogP contribution is -2.39. The first kappa shape index (κ1) is 41.3. The largest absolute Gasteiger partial charge is 0.466 e. The number of likely N-dealkylation sites (tertiary alicyclic amines) is 1. The van der Waals surface area contributed by atoms with Gasteiger partial charge in [0, 0.05) is 85.0 Å². The van der Waals surface area contributed by atoms with Crippen LogP contribution in [-0.4, -0.2) is 156 Å². The van der Waals surface area contributed by atoms with E-state index in [-0.39, 0.29) is 57.1 Å². The fourth-order valence-corrected chi connectivity index (χ4v) is 6.95. The van der Waals surface area contributed by atoms with Gasteiger partial charge in [-0.2, -0.15) is 0 Å². The van der Waals surface area contributed by atoms with Gasteiger partial charge in [-0.15, -0.1) is 0 Å². The smallest absolute Gasteiger partial charge is 0.305 e. The number of carbonyl (C=O) groups is 3. The van der Waals surface area contributed by atoms with E-state index in [9.17, 15) is 34.8 Å². The average molecular weight is 671 g/mol. The fraction of sp³-hybridized carbons (Fsp3) is 0.914. The van der Waals surface area contributed by atoms with Crippen LogP contribution in [0.25, 0.3) is 0 Å². The second kappa shape index (κ2) is 25.2. The second-order valence-corrected chi connectivity index (χ2v) is 13.5. The molecule has 1 heterocycles. The Balaban J connectivity index is 1.76. The Morgan fingerprint density at radius 3 is 1.53 bits per heavy atom. The third-order valence-electron chi connectivity index (χ3n) is 9.90. The molecular weight excluding hydrogens is 604 g/mol. The number of aliphatic hydroxyl groups excluding tert-OH is 4. The molecule has 274 valence electrons. The van der Waals surface area contributed by atoms with Gasteiger partial charge in [0.2, 0.25) is 11.8 Å². The van der Waals surface area contributed by atoms with Gasteiger partial charge in [-0.05, 0) is 102 Å². The quantitative estimate of drug-likeness (QED) is 0.0754. The SMILES string of the molecule is O=C(CCCN1CCC2(CCCC2)CC1)OCCCCN(CCC(=O)N(CCCO)CCCO)CCC(=O)N(CCCO)CCCO. The van der Waals surface area contributed by atoms with Gasteiger partial charge in [0.15, 0.2) is 0 Å². The van der Waals surface area contributed by atoms with Gasteiger partial charge in [0.05, 0.1) is 6.61 Å². The van der Waals surface area contributed by atoms with Crippen molar-refractivity contribution >= 4 is 17.8 Å². The molecule has 0 atom stereocenters. The normalized spacial score (nSPS) is 16.2. The van der Waals surface area contributed by atoms with E-state index in [1.165, 1.54) is 38.5 Å². The van der Waals surface area contributed by atoms with E-state index in [1.54, 1.807) is 9.80 Å². The first-order valence-electron chi connectivity index (χ1n) is 18.5. The highest BCUT2D eigenvalue weighted by atomic mass is 16.5. The maximum absolute atomic E-state index is 13.0. The minimum atomic E-state index is -0.154. The first-order chi connectivity index (χ1) is 22.9. The van der Waals surface area contributed by atoms with Crippen molar-refractivity contribution in [2.24, 2.45) is 5.41 Å². The Morgan fingerprint density at radius 2 is 1.06 bits per heavy atom. The molecule has 0 aromatic rings. The molecule has 4 N–H and O–H groups in total. The summed E-state index contributed by atoms with van der Waals surface area (Å²) in [6.07, 6.45) is 13.3. The van der Waals surface area contributed by atoms with Crippen LogP contribution in [-0.2, 0) is 19.1 Å². The van der Waals surface area contributed by atoms with Crippen LogP contribution in [0.2, 0.25) is 0 Å². The van der Waals surface area contributed by atoms with Crippen LogP contribution in [0.4, 0.5) is 0 Å². The number of amides is 2. The minimum absolute atomic E-state index is 0.0101. The average Bonchev–Trinajstić information content (AvgIpc) is 3.54. The number of aliphatic hydroxyl groups is 4. The van der Waals surface area contributed by atoms with Crippen molar-refractivity contribution in [1.29, 1.82) is 0 Å². The maximum Gasteiger partial charge on any atom is 0.305 e. The van der Waals surface area contributed by atoms with Gasteiger partial charge in [0.25, 0.3) is 0 Å². The molecule has 2 amide bonds. The van der Waals surface area contributed by atoms with E-state index in [4.69, 9.17) is 4.74 Å². The Morgan fingerprint density at radius 1 is 0.574 bits per heavy atom. The Hall–Kier alpha value is -1.83. The molecule has 1 spiro atoms. The van der Waals surface area contributed by atoms with Gasteiger partial charge in [-0.1, -0.05) is 12.8 Å². The van der Waals surface area contributed by atoms with Crippen LogP contribution >= 0.6 is 0 Å². The Bertz CT molecular complexity index is 795. The van der Waals surface area contributed by atoms with Gasteiger partial charge in [0.1, 0.15) is 0 Å². The molecule has 0 radical (unpaired) electrons. The third-order valence-corrected chi connectivity index (χ3v) is 9.90. The van der Waals surface area contributed by atoms with Crippen molar-refractivity contribution in [3.8, 4) is 0 Å². The molecule has 2 fully saturated rings. The van der Waals surface area contributed by atoms with E-state index >= 15 is 0 Å². The molecular formula is C35H66N4O8. The minimum Gasteiger partial charge on any atom is -0.466 e. The number of hydrogen-bond donors (Lipinski definition) is 4. The number of piperidine rings is 1. The van der Waals surface area contributed by atoms with Crippen LogP contribution in [0.15, 0.2) is 0 Å². The lowest BCUT2D eigenvalue weighted by atomic mass is 9.77. The summed E-state index contributed by atoms with van der Waals surface area (Å²) in [5.74, 6) is -0.251. The Kier molecular flexibility index (Phi) is 22.2. The predicted molar refractivity (Wildman–Crippen MR) is 182 cm³/mol. The summed E-state index contributed by atoms with van der Waals surface area (Å²) in [5, 5.41) is 36.9. The second-order valence-electron chi connectivity index (χ2n) is 13.5. The van der Waals surface area contributed by atoms with Gasteiger partial charge in [-0.25, -0.2) is 0 Å². The number of nitrogens with zero attached hydrogens (tertiary/aromatic N) is 4. The van der Waals surface area contributed by atoms with Crippen LogP contribution in [0.3, 0.4) is 0 Å². The fourth-order valence-electron chi connectivity index (χ4n) is 6.95. The molecule has 2 rings (SSSR count). The molecule has 0 aromatic carbocycles. The van der Waals surface area contributed by atoms with Crippen molar-refractivity contribution in [3.05, 3.63) is 0 Å². The lowest BCUT2D eigenvalue weighted by molar-refractivity contribution is -0.144. The van der Waals surface area contributed by atoms with Crippen molar-refractivity contribution in [1.82, 2.24) is 19.6 Å². The number of ether oxygens (including phenoxy) is 1. The summed E-state index contributed by atoms with van der Waals surface area (Å²) in [4.78, 5) is 46.3. The van der Waals surface area contributed by atoms with E-state index in [0.717, 1.165) is 32.5 Å². The highest BCUT2D eigenvalue weighted by Crippen LogP contribution is 2.46. The van der Waals surface area contributed by atoms with E-state index in [2.05, 4.69) is 9.80 Å². The van der Waals surface area contributed by atoms with Crippen LogP contribution in [0.1, 0.15) is 103 Å². The zero-order valence-corrected chi connectivity index (χ0v) is 29.1. The maximum atomic E-state index is 13.0. The molecule has 1 aliphatic carbocycles. The summed E-state index contributed by atoms with van der Waals surface area (Å²) >= 11 is 0. The molecule has 47 heavy (non-hydrogen) atoms. The molecule has 12 heteroatoms. The van der Waals surface area contributed by atoms with Crippen LogP contribution in [0.5, 0.6) is 0 Å². The standard InChI is InChI=1S/C35H66N4O8/c40-27-6-19-38(20-7-28-41)32(44)11-23-36(24-12-33(45)39(21-8-29-42)22-9-30-43)17-3-4-31-47-34(46)10-5-18-37-25-15-35(16-26-37)13-1-2-14-35/h40-43H,1-31H2. The number of rotatable bonds is 27. The van der Waals surface area contributed by atoms with Crippen molar-refractivity contribution < 1.29 is 39.5 Å². The van der Waals surface area contributed by atoms with E-state index in [1.807, 2.05) is 0 Å². The van der Waals surface area contributed by atoms with E-state index < -0.39 is 0 Å². The monoisotopic (exact) mass is 670 g/mol. The molecule has 2 aliphatic rings. The first-order valence-corrected chi connectivity index (χ1v) is 18.5. The summed E-state index contributed by atoms with van der Waals surface area (Å²) in [5.41, 5.74) is 0.609. The molecule has 12 nitrogen and oxygen atoms in total. The van der Waals surface area contributed by atoms with Gasteiger partial charge in [-0.3, -0.25) is 14.4 Å². The topological polar surface area (TPSA) is 154 Å². The van der Waals surface area contributed by atoms with Crippen LogP contribution < -0.4 is 0 Å². The summed E-state index contributed by atoms with van der Waals surface area (Å²) in [6.45, 7) is 6.87. The van der Waals surface area contributed by atoms with Crippen molar-refractivity contribution in [2.75, 3.05) is 98.5 Å². The zero-order valence-electron chi connectivity index (χ0n) is 29.1. The van der Waals surface area contributed by atoms with Crippen molar-refractivity contribution in [2.45, 2.75) is 103 Å². The van der Waals surface area contributed by atoms with Crippen molar-refractivity contribution in [3.63, 3.8) is 0 Å². The molecule has 1 aliphatic heterocycles. The van der Waals surface area contributed by atoms with Gasteiger partial charge < -0.3 is 44.8 Å². The van der Waals surface area contributed by atoms with Gasteiger partial charge >= 0.3 is 5.97 Å².